The molecule has 0 spiro atoms. The van der Waals surface area contributed by atoms with Crippen molar-refractivity contribution in [1.82, 2.24) is 0 Å². The molecule has 2 aromatic rings. The van der Waals surface area contributed by atoms with Gasteiger partial charge >= 0.3 is 5.97 Å². The zero-order valence-electron chi connectivity index (χ0n) is 9.97. The molecule has 4 heteroatoms. The number of hydrogen-bond donors (Lipinski definition) is 3. The van der Waals surface area contributed by atoms with Crippen LogP contribution in [-0.4, -0.2) is 11.1 Å². The fraction of sp³-hybridized carbons (Fsp3) is 0.0714. The van der Waals surface area contributed by atoms with E-state index in [1.807, 2.05) is 24.3 Å². The van der Waals surface area contributed by atoms with Gasteiger partial charge in [0.25, 0.3) is 0 Å². The highest BCUT2D eigenvalue weighted by Gasteiger charge is 2.10. The van der Waals surface area contributed by atoms with Gasteiger partial charge in [0.15, 0.2) is 0 Å². The molecular weight excluding hydrogens is 228 g/mol. The minimum Gasteiger partial charge on any atom is -0.478 e. The number of para-hydroxylation sites is 2. The van der Waals surface area contributed by atoms with Crippen molar-refractivity contribution in [1.29, 1.82) is 0 Å². The van der Waals surface area contributed by atoms with Gasteiger partial charge in [-0.1, -0.05) is 18.2 Å². The molecule has 0 aliphatic carbocycles. The molecule has 0 fully saturated rings. The number of nitrogens with one attached hydrogen (secondary N) is 1. The van der Waals surface area contributed by atoms with Gasteiger partial charge in [-0.25, -0.2) is 4.79 Å². The van der Waals surface area contributed by atoms with Crippen LogP contribution >= 0.6 is 0 Å². The number of anilines is 3. The summed E-state index contributed by atoms with van der Waals surface area (Å²) in [7, 11) is 0. The van der Waals surface area contributed by atoms with Gasteiger partial charge in [0.05, 0.1) is 16.9 Å². The van der Waals surface area contributed by atoms with Gasteiger partial charge in [-0.3, -0.25) is 0 Å². The Hall–Kier alpha value is -2.49. The van der Waals surface area contributed by atoms with E-state index >= 15 is 0 Å². The Bertz CT molecular complexity index is 594. The second kappa shape index (κ2) is 4.79. The van der Waals surface area contributed by atoms with Crippen LogP contribution in [0.2, 0.25) is 0 Å². The molecule has 0 unspecified atom stereocenters. The largest absolute Gasteiger partial charge is 0.478 e. The predicted molar refractivity (Wildman–Crippen MR) is 72.3 cm³/mol. The van der Waals surface area contributed by atoms with Crippen molar-refractivity contribution < 1.29 is 9.90 Å². The highest BCUT2D eigenvalue weighted by atomic mass is 16.4. The van der Waals surface area contributed by atoms with E-state index in [0.29, 0.717) is 11.3 Å². The number of aromatic carboxylic acids is 1. The van der Waals surface area contributed by atoms with Crippen LogP contribution in [0.5, 0.6) is 0 Å². The van der Waals surface area contributed by atoms with E-state index in [-0.39, 0.29) is 5.56 Å². The molecule has 92 valence electrons. The SMILES string of the molecule is Cc1c(Nc2ccccc2N)cccc1C(=O)O. The van der Waals surface area contributed by atoms with Crippen LogP contribution in [0.3, 0.4) is 0 Å². The lowest BCUT2D eigenvalue weighted by Crippen LogP contribution is -2.03. The van der Waals surface area contributed by atoms with E-state index in [1.165, 1.54) is 0 Å². The van der Waals surface area contributed by atoms with Gasteiger partial charge in [-0.15, -0.1) is 0 Å². The third-order valence-corrected chi connectivity index (χ3v) is 2.79. The maximum atomic E-state index is 11.0. The number of hydrogen-bond acceptors (Lipinski definition) is 3. The molecule has 0 bridgehead atoms. The number of rotatable bonds is 3. The fourth-order valence-electron chi connectivity index (χ4n) is 1.76. The Morgan fingerprint density at radius 1 is 1.11 bits per heavy atom. The fourth-order valence-corrected chi connectivity index (χ4v) is 1.76. The summed E-state index contributed by atoms with van der Waals surface area (Å²) in [6.45, 7) is 1.77. The van der Waals surface area contributed by atoms with Gasteiger partial charge < -0.3 is 16.2 Å². The smallest absolute Gasteiger partial charge is 0.336 e. The Morgan fingerprint density at radius 3 is 2.44 bits per heavy atom. The molecule has 0 aliphatic heterocycles. The Balaban J connectivity index is 2.39. The van der Waals surface area contributed by atoms with Crippen molar-refractivity contribution in [3.63, 3.8) is 0 Å². The van der Waals surface area contributed by atoms with Gasteiger partial charge in [0.2, 0.25) is 0 Å². The Labute approximate surface area is 105 Å². The van der Waals surface area contributed by atoms with E-state index in [1.54, 1.807) is 25.1 Å². The lowest BCUT2D eigenvalue weighted by molar-refractivity contribution is 0.0696. The average molecular weight is 242 g/mol. The molecule has 4 nitrogen and oxygen atoms in total. The Morgan fingerprint density at radius 2 is 1.78 bits per heavy atom. The highest BCUT2D eigenvalue weighted by molar-refractivity contribution is 5.91. The Kier molecular flexibility index (Phi) is 3.19. The summed E-state index contributed by atoms with van der Waals surface area (Å²) >= 11 is 0. The number of carbonyl (C=O) groups is 1. The predicted octanol–water partition coefficient (Wildman–Crippen LogP) is 3.02. The second-order valence-electron chi connectivity index (χ2n) is 4.00. The molecular formula is C14H14N2O2. The van der Waals surface area contributed by atoms with Crippen LogP contribution in [0.25, 0.3) is 0 Å². The van der Waals surface area contributed by atoms with Crippen LogP contribution in [0.4, 0.5) is 17.1 Å². The van der Waals surface area contributed by atoms with Crippen molar-refractivity contribution in [3.05, 3.63) is 53.6 Å². The average Bonchev–Trinajstić information content (AvgIpc) is 2.34. The number of benzene rings is 2. The van der Waals surface area contributed by atoms with Crippen molar-refractivity contribution in [2.45, 2.75) is 6.92 Å². The topological polar surface area (TPSA) is 75.3 Å². The number of nitrogens with two attached hydrogens (primary N) is 1. The molecule has 0 saturated carbocycles. The molecule has 0 heterocycles. The summed E-state index contributed by atoms with van der Waals surface area (Å²) < 4.78 is 0. The first kappa shape index (κ1) is 12.0. The van der Waals surface area contributed by atoms with Gasteiger partial charge in [-0.2, -0.15) is 0 Å². The quantitative estimate of drug-likeness (QED) is 0.723. The van der Waals surface area contributed by atoms with E-state index in [4.69, 9.17) is 10.8 Å². The van der Waals surface area contributed by atoms with Crippen LogP contribution < -0.4 is 11.1 Å². The molecule has 4 N–H and O–H groups in total. The maximum absolute atomic E-state index is 11.0. The first-order valence-corrected chi connectivity index (χ1v) is 5.54. The summed E-state index contributed by atoms with van der Waals surface area (Å²) in [4.78, 5) is 11.0. The van der Waals surface area contributed by atoms with Crippen molar-refractivity contribution in [3.8, 4) is 0 Å². The van der Waals surface area contributed by atoms with Crippen molar-refractivity contribution in [2.75, 3.05) is 11.1 Å². The minimum atomic E-state index is -0.933. The van der Waals surface area contributed by atoms with E-state index in [0.717, 1.165) is 11.4 Å². The van der Waals surface area contributed by atoms with Gasteiger partial charge in [0.1, 0.15) is 0 Å². The lowest BCUT2D eigenvalue weighted by Gasteiger charge is -2.13. The third kappa shape index (κ3) is 2.27. The number of carboxylic acid groups (broad SMARTS) is 1. The number of carboxylic acids is 1. The van der Waals surface area contributed by atoms with Crippen LogP contribution in [0, 0.1) is 6.92 Å². The normalized spacial score (nSPS) is 10.1. The molecule has 0 atom stereocenters. The summed E-state index contributed by atoms with van der Waals surface area (Å²) in [6.07, 6.45) is 0. The van der Waals surface area contributed by atoms with E-state index in [9.17, 15) is 4.79 Å². The third-order valence-electron chi connectivity index (χ3n) is 2.79. The standard InChI is InChI=1S/C14H14N2O2/c1-9-10(14(17)18)5-4-8-12(9)16-13-7-3-2-6-11(13)15/h2-8,16H,15H2,1H3,(H,17,18). The van der Waals surface area contributed by atoms with Crippen molar-refractivity contribution in [2.24, 2.45) is 0 Å². The zero-order valence-corrected chi connectivity index (χ0v) is 9.97. The number of nitrogen functional groups attached to an aromatic ring is 1. The summed E-state index contributed by atoms with van der Waals surface area (Å²) in [5.41, 5.74) is 8.95. The monoisotopic (exact) mass is 242 g/mol. The van der Waals surface area contributed by atoms with E-state index < -0.39 is 5.97 Å². The lowest BCUT2D eigenvalue weighted by atomic mass is 10.1. The highest BCUT2D eigenvalue weighted by Crippen LogP contribution is 2.26. The molecule has 2 rings (SSSR count). The summed E-state index contributed by atoms with van der Waals surface area (Å²) in [5, 5.41) is 12.2. The first-order valence-electron chi connectivity index (χ1n) is 5.54. The van der Waals surface area contributed by atoms with Crippen LogP contribution in [-0.2, 0) is 0 Å². The molecule has 0 amide bonds. The van der Waals surface area contributed by atoms with Crippen LogP contribution in [0.1, 0.15) is 15.9 Å². The van der Waals surface area contributed by atoms with E-state index in [2.05, 4.69) is 5.32 Å². The molecule has 0 aliphatic rings. The molecule has 18 heavy (non-hydrogen) atoms. The van der Waals surface area contributed by atoms with Gasteiger partial charge in [0, 0.05) is 5.69 Å². The molecule has 2 aromatic carbocycles. The second-order valence-corrected chi connectivity index (χ2v) is 4.00. The molecule has 0 saturated heterocycles. The minimum absolute atomic E-state index is 0.287. The maximum Gasteiger partial charge on any atom is 0.336 e. The van der Waals surface area contributed by atoms with Crippen molar-refractivity contribution >= 4 is 23.0 Å². The molecule has 0 radical (unpaired) electrons. The zero-order chi connectivity index (χ0) is 13.1. The summed E-state index contributed by atoms with van der Waals surface area (Å²) in [5.74, 6) is -0.933. The van der Waals surface area contributed by atoms with Gasteiger partial charge in [-0.05, 0) is 36.8 Å². The summed E-state index contributed by atoms with van der Waals surface area (Å²) in [6, 6.07) is 12.5. The molecule has 0 aromatic heterocycles. The first-order chi connectivity index (χ1) is 8.59. The van der Waals surface area contributed by atoms with Crippen LogP contribution in [0.15, 0.2) is 42.5 Å².